The Labute approximate surface area is 91.5 Å². The zero-order valence-corrected chi connectivity index (χ0v) is 9.80. The van der Waals surface area contributed by atoms with Gasteiger partial charge in [-0.05, 0) is 13.3 Å². The molecule has 76 valence electrons. The molecule has 0 aliphatic rings. The number of nitrogens with one attached hydrogen (secondary N) is 1. The van der Waals surface area contributed by atoms with Gasteiger partial charge < -0.3 is 10.1 Å². The molecular weight excluding hydrogens is 285 g/mol. The van der Waals surface area contributed by atoms with E-state index in [4.69, 9.17) is 4.74 Å². The van der Waals surface area contributed by atoms with Crippen molar-refractivity contribution in [3.05, 3.63) is 0 Å². The fraction of sp³-hybridized carbons (Fsp3) is 0.750. The van der Waals surface area contributed by atoms with E-state index in [1.165, 1.54) is 0 Å². The standard InChI is InChI=1S/C8H14INO3/c1-2-13-8(12)4-3-5-10-7(11)6-9/h2-6H2,1H3,(H,10,11). The highest BCUT2D eigenvalue weighted by atomic mass is 127. The summed E-state index contributed by atoms with van der Waals surface area (Å²) in [6.45, 7) is 2.73. The van der Waals surface area contributed by atoms with Crippen molar-refractivity contribution in [2.24, 2.45) is 0 Å². The molecular formula is C8H14INO3. The van der Waals surface area contributed by atoms with E-state index >= 15 is 0 Å². The fourth-order valence-corrected chi connectivity index (χ4v) is 1.01. The van der Waals surface area contributed by atoms with Gasteiger partial charge in [-0.2, -0.15) is 0 Å². The van der Waals surface area contributed by atoms with E-state index in [0.29, 0.717) is 30.4 Å². The van der Waals surface area contributed by atoms with Crippen molar-refractivity contribution in [3.8, 4) is 0 Å². The monoisotopic (exact) mass is 299 g/mol. The first-order valence-electron chi connectivity index (χ1n) is 4.19. The average molecular weight is 299 g/mol. The highest BCUT2D eigenvalue weighted by molar-refractivity contribution is 14.1. The molecule has 0 aromatic heterocycles. The molecule has 0 heterocycles. The highest BCUT2D eigenvalue weighted by Gasteiger charge is 2.01. The van der Waals surface area contributed by atoms with Gasteiger partial charge in [-0.1, -0.05) is 22.6 Å². The third-order valence-electron chi connectivity index (χ3n) is 1.31. The van der Waals surface area contributed by atoms with Gasteiger partial charge in [0.15, 0.2) is 0 Å². The number of hydrogen-bond acceptors (Lipinski definition) is 3. The molecule has 0 aliphatic heterocycles. The summed E-state index contributed by atoms with van der Waals surface area (Å²) in [4.78, 5) is 21.6. The van der Waals surface area contributed by atoms with Gasteiger partial charge in [0.2, 0.25) is 5.91 Å². The largest absolute Gasteiger partial charge is 0.466 e. The van der Waals surface area contributed by atoms with Crippen LogP contribution in [0.15, 0.2) is 0 Å². The Morgan fingerprint density at radius 1 is 1.46 bits per heavy atom. The first kappa shape index (κ1) is 12.7. The zero-order chi connectivity index (χ0) is 10.1. The number of halogens is 1. The minimum absolute atomic E-state index is 0.00413. The van der Waals surface area contributed by atoms with E-state index in [1.54, 1.807) is 6.92 Å². The number of amides is 1. The topological polar surface area (TPSA) is 55.4 Å². The lowest BCUT2D eigenvalue weighted by Crippen LogP contribution is -2.25. The molecule has 1 amide bonds. The summed E-state index contributed by atoms with van der Waals surface area (Å²) in [5.41, 5.74) is 0. The van der Waals surface area contributed by atoms with Gasteiger partial charge in [0.25, 0.3) is 0 Å². The molecule has 0 fully saturated rings. The van der Waals surface area contributed by atoms with E-state index in [-0.39, 0.29) is 11.9 Å². The SMILES string of the molecule is CCOC(=O)CCCNC(=O)CI. The number of esters is 1. The first-order chi connectivity index (χ1) is 6.20. The van der Waals surface area contributed by atoms with Crippen LogP contribution >= 0.6 is 22.6 Å². The molecule has 13 heavy (non-hydrogen) atoms. The molecule has 0 saturated carbocycles. The van der Waals surface area contributed by atoms with E-state index in [2.05, 4.69) is 5.32 Å². The molecule has 0 radical (unpaired) electrons. The third-order valence-corrected chi connectivity index (χ3v) is 2.00. The molecule has 0 unspecified atom stereocenters. The minimum Gasteiger partial charge on any atom is -0.466 e. The summed E-state index contributed by atoms with van der Waals surface area (Å²) in [6.07, 6.45) is 1.01. The van der Waals surface area contributed by atoms with Crippen LogP contribution in [0, 0.1) is 0 Å². The summed E-state index contributed by atoms with van der Waals surface area (Å²) < 4.78 is 5.18. The number of carbonyl (C=O) groups is 2. The Kier molecular flexibility index (Phi) is 8.07. The van der Waals surface area contributed by atoms with Crippen molar-refractivity contribution in [1.82, 2.24) is 5.32 Å². The lowest BCUT2D eigenvalue weighted by molar-refractivity contribution is -0.143. The van der Waals surface area contributed by atoms with Crippen molar-refractivity contribution >= 4 is 34.5 Å². The van der Waals surface area contributed by atoms with E-state index < -0.39 is 0 Å². The second-order valence-corrected chi connectivity index (χ2v) is 3.15. The summed E-state index contributed by atoms with van der Waals surface area (Å²) in [5.74, 6) is -0.198. The van der Waals surface area contributed by atoms with E-state index in [0.717, 1.165) is 0 Å². The Hall–Kier alpha value is -0.330. The van der Waals surface area contributed by atoms with E-state index in [1.807, 2.05) is 22.6 Å². The van der Waals surface area contributed by atoms with Crippen LogP contribution < -0.4 is 5.32 Å². The Bertz CT molecular complexity index is 173. The molecule has 1 N–H and O–H groups in total. The second-order valence-electron chi connectivity index (χ2n) is 2.39. The Morgan fingerprint density at radius 2 is 2.15 bits per heavy atom. The number of alkyl halides is 1. The van der Waals surface area contributed by atoms with Crippen LogP contribution in [0.2, 0.25) is 0 Å². The number of hydrogen-bond donors (Lipinski definition) is 1. The van der Waals surface area contributed by atoms with Gasteiger partial charge in [-0.25, -0.2) is 0 Å². The van der Waals surface area contributed by atoms with Crippen molar-refractivity contribution in [2.45, 2.75) is 19.8 Å². The van der Waals surface area contributed by atoms with Gasteiger partial charge in [-0.3, -0.25) is 9.59 Å². The molecule has 0 aromatic rings. The van der Waals surface area contributed by atoms with Crippen LogP contribution in [0.5, 0.6) is 0 Å². The number of ether oxygens (including phenoxy) is 1. The summed E-state index contributed by atoms with van der Waals surface area (Å²) in [5, 5.41) is 2.68. The van der Waals surface area contributed by atoms with Gasteiger partial charge in [0.05, 0.1) is 11.0 Å². The molecule has 0 aromatic carbocycles. The zero-order valence-electron chi connectivity index (χ0n) is 7.64. The van der Waals surface area contributed by atoms with Gasteiger partial charge in [0.1, 0.15) is 0 Å². The van der Waals surface area contributed by atoms with Gasteiger partial charge in [-0.15, -0.1) is 0 Å². The quantitative estimate of drug-likeness (QED) is 0.343. The normalized spacial score (nSPS) is 9.38. The second kappa shape index (κ2) is 8.28. The van der Waals surface area contributed by atoms with Crippen LogP contribution in [-0.2, 0) is 14.3 Å². The summed E-state index contributed by atoms with van der Waals surface area (Å²) in [6, 6.07) is 0. The maximum Gasteiger partial charge on any atom is 0.305 e. The number of rotatable bonds is 6. The van der Waals surface area contributed by atoms with Crippen molar-refractivity contribution in [3.63, 3.8) is 0 Å². The first-order valence-corrected chi connectivity index (χ1v) is 5.71. The molecule has 0 spiro atoms. The molecule has 0 atom stereocenters. The van der Waals surface area contributed by atoms with Crippen LogP contribution in [0.3, 0.4) is 0 Å². The molecule has 0 saturated heterocycles. The smallest absolute Gasteiger partial charge is 0.305 e. The molecule has 0 rings (SSSR count). The van der Waals surface area contributed by atoms with Gasteiger partial charge in [0, 0.05) is 13.0 Å². The van der Waals surface area contributed by atoms with Gasteiger partial charge >= 0.3 is 5.97 Å². The van der Waals surface area contributed by atoms with Crippen LogP contribution in [0.4, 0.5) is 0 Å². The summed E-state index contributed by atoms with van der Waals surface area (Å²) >= 11 is 1.99. The fourth-order valence-electron chi connectivity index (χ4n) is 0.741. The Balaban J connectivity index is 3.25. The van der Waals surface area contributed by atoms with Crippen molar-refractivity contribution in [1.29, 1.82) is 0 Å². The maximum atomic E-state index is 10.8. The molecule has 4 nitrogen and oxygen atoms in total. The maximum absolute atomic E-state index is 10.8. The van der Waals surface area contributed by atoms with Crippen LogP contribution in [0.25, 0.3) is 0 Å². The van der Waals surface area contributed by atoms with E-state index in [9.17, 15) is 9.59 Å². The van der Waals surface area contributed by atoms with Crippen molar-refractivity contribution in [2.75, 3.05) is 17.6 Å². The Morgan fingerprint density at radius 3 is 2.69 bits per heavy atom. The minimum atomic E-state index is -0.203. The predicted molar refractivity (Wildman–Crippen MR) is 57.8 cm³/mol. The third kappa shape index (κ3) is 8.01. The highest BCUT2D eigenvalue weighted by Crippen LogP contribution is 1.91. The lowest BCUT2D eigenvalue weighted by Gasteiger charge is -2.02. The molecule has 0 bridgehead atoms. The molecule has 5 heteroatoms. The number of carbonyl (C=O) groups excluding carboxylic acids is 2. The molecule has 0 aliphatic carbocycles. The predicted octanol–water partition coefficient (Wildman–Crippen LogP) is 0.881. The lowest BCUT2D eigenvalue weighted by atomic mass is 10.3. The summed E-state index contributed by atoms with van der Waals surface area (Å²) in [7, 11) is 0. The average Bonchev–Trinajstić information content (AvgIpc) is 2.12. The van der Waals surface area contributed by atoms with Crippen LogP contribution in [-0.4, -0.2) is 29.5 Å². The van der Waals surface area contributed by atoms with Crippen LogP contribution in [0.1, 0.15) is 19.8 Å². The van der Waals surface area contributed by atoms with Crippen molar-refractivity contribution < 1.29 is 14.3 Å².